The van der Waals surface area contributed by atoms with Crippen molar-refractivity contribution in [1.82, 2.24) is 19.9 Å². The second-order valence-electron chi connectivity index (χ2n) is 6.71. The minimum Gasteiger partial charge on any atom is -0.493 e. The number of methoxy groups -OCH3 is 2. The van der Waals surface area contributed by atoms with E-state index in [0.29, 0.717) is 30.2 Å². The van der Waals surface area contributed by atoms with Gasteiger partial charge in [-0.2, -0.15) is 0 Å². The van der Waals surface area contributed by atoms with Crippen LogP contribution >= 0.6 is 0 Å². The van der Waals surface area contributed by atoms with Crippen LogP contribution in [0.5, 0.6) is 11.5 Å². The van der Waals surface area contributed by atoms with Crippen molar-refractivity contribution >= 4 is 5.91 Å². The van der Waals surface area contributed by atoms with Gasteiger partial charge in [0.15, 0.2) is 11.5 Å². The molecule has 0 spiro atoms. The van der Waals surface area contributed by atoms with Crippen LogP contribution in [0.3, 0.4) is 0 Å². The fourth-order valence-electron chi connectivity index (χ4n) is 3.49. The first-order valence-electron chi connectivity index (χ1n) is 9.18. The third-order valence-corrected chi connectivity index (χ3v) is 5.04. The molecule has 0 saturated carbocycles. The molecule has 1 saturated heterocycles. The number of hydrogen-bond donors (Lipinski definition) is 0. The molecule has 3 aromatic rings. The van der Waals surface area contributed by atoms with E-state index in [1.807, 2.05) is 46.1 Å². The smallest absolute Gasteiger partial charge is 0.254 e. The van der Waals surface area contributed by atoms with Gasteiger partial charge in [-0.05, 0) is 24.6 Å². The van der Waals surface area contributed by atoms with Gasteiger partial charge in [0.25, 0.3) is 5.91 Å². The molecule has 0 aliphatic carbocycles. The summed E-state index contributed by atoms with van der Waals surface area (Å²) in [6.07, 6.45) is 2.79. The maximum absolute atomic E-state index is 12.9. The van der Waals surface area contributed by atoms with E-state index in [9.17, 15) is 4.79 Å². The van der Waals surface area contributed by atoms with Crippen LogP contribution < -0.4 is 9.47 Å². The first-order chi connectivity index (χ1) is 13.7. The quantitative estimate of drug-likeness (QED) is 0.683. The summed E-state index contributed by atoms with van der Waals surface area (Å²) in [5, 5.41) is 8.56. The van der Waals surface area contributed by atoms with Crippen molar-refractivity contribution in [3.8, 4) is 22.8 Å². The van der Waals surface area contributed by atoms with Crippen LogP contribution in [0.4, 0.5) is 0 Å². The number of aromatic nitrogens is 3. The highest BCUT2D eigenvalue weighted by Crippen LogP contribution is 2.30. The molecule has 1 aromatic heterocycles. The van der Waals surface area contributed by atoms with Crippen LogP contribution in [0.2, 0.25) is 0 Å². The van der Waals surface area contributed by atoms with Gasteiger partial charge in [-0.1, -0.05) is 35.5 Å². The molecule has 144 valence electrons. The van der Waals surface area contributed by atoms with Crippen LogP contribution in [0.15, 0.2) is 54.7 Å². The summed E-state index contributed by atoms with van der Waals surface area (Å²) < 4.78 is 12.4. The highest BCUT2D eigenvalue weighted by molar-refractivity contribution is 5.95. The highest BCUT2D eigenvalue weighted by atomic mass is 16.5. The number of benzene rings is 2. The monoisotopic (exact) mass is 378 g/mol. The first-order valence-corrected chi connectivity index (χ1v) is 9.18. The fourth-order valence-corrected chi connectivity index (χ4v) is 3.49. The largest absolute Gasteiger partial charge is 0.493 e. The maximum atomic E-state index is 12.9. The fraction of sp³-hybridized carbons (Fsp3) is 0.286. The summed E-state index contributed by atoms with van der Waals surface area (Å²) in [4.78, 5) is 14.7. The summed E-state index contributed by atoms with van der Waals surface area (Å²) in [5.74, 6) is 1.13. The lowest BCUT2D eigenvalue weighted by atomic mass is 10.1. The summed E-state index contributed by atoms with van der Waals surface area (Å²) in [6, 6.07) is 15.3. The normalized spacial score (nSPS) is 16.2. The number of likely N-dealkylation sites (tertiary alicyclic amines) is 1. The molecule has 0 N–H and O–H groups in total. The summed E-state index contributed by atoms with van der Waals surface area (Å²) >= 11 is 0. The van der Waals surface area contributed by atoms with Crippen LogP contribution in [0.1, 0.15) is 22.8 Å². The van der Waals surface area contributed by atoms with Gasteiger partial charge >= 0.3 is 0 Å². The predicted molar refractivity (Wildman–Crippen MR) is 105 cm³/mol. The number of hydrogen-bond acceptors (Lipinski definition) is 5. The molecule has 7 heteroatoms. The minimum absolute atomic E-state index is 0.0214. The second kappa shape index (κ2) is 7.72. The zero-order valence-electron chi connectivity index (χ0n) is 15.9. The molecule has 2 heterocycles. The number of nitrogens with zero attached hydrogens (tertiary/aromatic N) is 4. The zero-order chi connectivity index (χ0) is 19.5. The van der Waals surface area contributed by atoms with Crippen molar-refractivity contribution in [1.29, 1.82) is 0 Å². The van der Waals surface area contributed by atoms with E-state index in [2.05, 4.69) is 10.3 Å². The Morgan fingerprint density at radius 2 is 1.86 bits per heavy atom. The van der Waals surface area contributed by atoms with Gasteiger partial charge in [0.05, 0.1) is 26.5 Å². The van der Waals surface area contributed by atoms with Crippen molar-refractivity contribution in [3.63, 3.8) is 0 Å². The number of carbonyl (C=O) groups is 1. The SMILES string of the molecule is COc1ccc(C(=O)N2CC[C@H](n3cc(-c4ccccc4)nn3)C2)cc1OC. The van der Waals surface area contributed by atoms with Gasteiger partial charge in [-0.3, -0.25) is 4.79 Å². The Morgan fingerprint density at radius 1 is 1.07 bits per heavy atom. The molecule has 1 atom stereocenters. The van der Waals surface area contributed by atoms with Crippen molar-refractivity contribution in [3.05, 3.63) is 60.3 Å². The third-order valence-electron chi connectivity index (χ3n) is 5.04. The lowest BCUT2D eigenvalue weighted by molar-refractivity contribution is 0.0786. The summed E-state index contributed by atoms with van der Waals surface area (Å²) in [7, 11) is 3.14. The van der Waals surface area contributed by atoms with Crippen molar-refractivity contribution < 1.29 is 14.3 Å². The van der Waals surface area contributed by atoms with E-state index in [0.717, 1.165) is 17.7 Å². The van der Waals surface area contributed by atoms with Crippen LogP contribution in [-0.2, 0) is 0 Å². The van der Waals surface area contributed by atoms with E-state index in [1.165, 1.54) is 0 Å². The topological polar surface area (TPSA) is 69.5 Å². The number of amides is 1. The Bertz CT molecular complexity index is 971. The maximum Gasteiger partial charge on any atom is 0.254 e. The third kappa shape index (κ3) is 3.43. The molecule has 1 aliphatic heterocycles. The Morgan fingerprint density at radius 3 is 2.61 bits per heavy atom. The zero-order valence-corrected chi connectivity index (χ0v) is 15.9. The second-order valence-corrected chi connectivity index (χ2v) is 6.71. The van der Waals surface area contributed by atoms with Gasteiger partial charge in [-0.25, -0.2) is 4.68 Å². The molecule has 1 amide bonds. The lowest BCUT2D eigenvalue weighted by Crippen LogP contribution is -2.29. The van der Waals surface area contributed by atoms with E-state index in [4.69, 9.17) is 9.47 Å². The Kier molecular flexibility index (Phi) is 4.97. The molecule has 1 fully saturated rings. The van der Waals surface area contributed by atoms with E-state index in [-0.39, 0.29) is 11.9 Å². The van der Waals surface area contributed by atoms with E-state index in [1.54, 1.807) is 32.4 Å². The molecule has 7 nitrogen and oxygen atoms in total. The number of ether oxygens (including phenoxy) is 2. The van der Waals surface area contributed by atoms with Gasteiger partial charge in [-0.15, -0.1) is 5.10 Å². The molecule has 0 bridgehead atoms. The van der Waals surface area contributed by atoms with Gasteiger partial charge in [0.2, 0.25) is 0 Å². The molecular formula is C21H22N4O3. The predicted octanol–water partition coefficient (Wildman–Crippen LogP) is 3.05. The first kappa shape index (κ1) is 18.0. The van der Waals surface area contributed by atoms with Gasteiger partial charge < -0.3 is 14.4 Å². The standard InChI is InChI=1S/C21H22N4O3/c1-27-19-9-8-16(12-20(19)28-2)21(26)24-11-10-17(13-24)25-14-18(22-23-25)15-6-4-3-5-7-15/h3-9,12,14,17H,10-11,13H2,1-2H3/t17-/m0/s1. The Balaban J connectivity index is 1.47. The number of carbonyl (C=O) groups excluding carboxylic acids is 1. The van der Waals surface area contributed by atoms with Crippen molar-refractivity contribution in [2.24, 2.45) is 0 Å². The number of rotatable bonds is 5. The summed E-state index contributed by atoms with van der Waals surface area (Å²) in [5.41, 5.74) is 2.46. The molecule has 0 unspecified atom stereocenters. The highest BCUT2D eigenvalue weighted by Gasteiger charge is 2.29. The molecule has 28 heavy (non-hydrogen) atoms. The molecular weight excluding hydrogens is 356 g/mol. The average molecular weight is 378 g/mol. The van der Waals surface area contributed by atoms with Crippen molar-refractivity contribution in [2.75, 3.05) is 27.3 Å². The van der Waals surface area contributed by atoms with Crippen molar-refractivity contribution in [2.45, 2.75) is 12.5 Å². The molecule has 1 aliphatic rings. The Labute approximate surface area is 163 Å². The van der Waals surface area contributed by atoms with Gasteiger partial charge in [0, 0.05) is 24.2 Å². The molecule has 2 aromatic carbocycles. The van der Waals surface area contributed by atoms with Crippen LogP contribution in [0, 0.1) is 0 Å². The van der Waals surface area contributed by atoms with E-state index < -0.39 is 0 Å². The molecule has 0 radical (unpaired) electrons. The minimum atomic E-state index is -0.0214. The van der Waals surface area contributed by atoms with Crippen LogP contribution in [-0.4, -0.2) is 53.1 Å². The Hall–Kier alpha value is -3.35. The van der Waals surface area contributed by atoms with Gasteiger partial charge in [0.1, 0.15) is 5.69 Å². The molecule has 4 rings (SSSR count). The van der Waals surface area contributed by atoms with Crippen LogP contribution in [0.25, 0.3) is 11.3 Å². The van der Waals surface area contributed by atoms with E-state index >= 15 is 0 Å². The average Bonchev–Trinajstić information content (AvgIpc) is 3.43. The summed E-state index contributed by atoms with van der Waals surface area (Å²) in [6.45, 7) is 1.28. The lowest BCUT2D eigenvalue weighted by Gasteiger charge is -2.17.